The number of hydrogen-bond donors (Lipinski definition) is 1. The van der Waals surface area contributed by atoms with Crippen LogP contribution in [-0.4, -0.2) is 17.8 Å². The monoisotopic (exact) mass is 753 g/mol. The van der Waals surface area contributed by atoms with Gasteiger partial charge in [-0.15, -0.1) is 22.7 Å². The number of rotatable bonds is 4. The molecule has 2 aliphatic carbocycles. The minimum absolute atomic E-state index is 0.153. The number of nitrogens with one attached hydrogen (secondary N) is 1. The van der Waals surface area contributed by atoms with E-state index in [0.717, 1.165) is 36.5 Å². The number of aryl methyl sites for hydroxylation is 1. The lowest BCUT2D eigenvalue weighted by atomic mass is 9.91. The lowest BCUT2D eigenvalue weighted by molar-refractivity contribution is 0.779. The van der Waals surface area contributed by atoms with Gasteiger partial charge in [-0.2, -0.15) is 0 Å². The third-order valence-corrected chi connectivity index (χ3v) is 14.3. The van der Waals surface area contributed by atoms with Crippen LogP contribution in [0.15, 0.2) is 168 Å². The van der Waals surface area contributed by atoms with E-state index in [4.69, 9.17) is 9.98 Å². The topological polar surface area (TPSA) is 36.8 Å². The molecule has 0 spiro atoms. The van der Waals surface area contributed by atoms with Crippen molar-refractivity contribution in [3.63, 3.8) is 0 Å². The van der Waals surface area contributed by atoms with Gasteiger partial charge in [0, 0.05) is 46.8 Å². The van der Waals surface area contributed by atoms with Gasteiger partial charge in [-0.1, -0.05) is 127 Å². The van der Waals surface area contributed by atoms with Gasteiger partial charge in [0.1, 0.15) is 11.7 Å². The fourth-order valence-corrected chi connectivity index (χ4v) is 11.8. The molecule has 266 valence electrons. The maximum Gasteiger partial charge on any atom is 0.170 e. The molecule has 2 atom stereocenters. The highest BCUT2D eigenvalue weighted by Gasteiger charge is 2.30. The summed E-state index contributed by atoms with van der Waals surface area (Å²) in [7, 11) is 0. The molecule has 3 heterocycles. The number of fused-ring (bicyclic) bond motifs is 12. The third kappa shape index (κ3) is 5.01. The van der Waals surface area contributed by atoms with E-state index < -0.39 is 0 Å². The van der Waals surface area contributed by atoms with Crippen LogP contribution in [0.2, 0.25) is 0 Å². The van der Waals surface area contributed by atoms with E-state index in [1.807, 2.05) is 22.7 Å². The average molecular weight is 754 g/mol. The largest absolute Gasteiger partial charge is 0.328 e. The van der Waals surface area contributed by atoms with E-state index in [2.05, 4.69) is 163 Å². The Balaban J connectivity index is 1.08. The van der Waals surface area contributed by atoms with Crippen LogP contribution in [0.1, 0.15) is 28.8 Å². The molecule has 7 aromatic carbocycles. The molecule has 0 fully saturated rings. The first-order chi connectivity index (χ1) is 27.7. The zero-order valence-corrected chi connectivity index (χ0v) is 32.1. The van der Waals surface area contributed by atoms with Gasteiger partial charge in [-0.05, 0) is 104 Å². The van der Waals surface area contributed by atoms with Gasteiger partial charge in [0.25, 0.3) is 0 Å². The second-order valence-corrected chi connectivity index (χ2v) is 17.2. The van der Waals surface area contributed by atoms with Crippen molar-refractivity contribution in [1.29, 1.82) is 0 Å². The summed E-state index contributed by atoms with van der Waals surface area (Å²) < 4.78 is 3.88. The second-order valence-electron chi connectivity index (χ2n) is 15.1. The van der Waals surface area contributed by atoms with Crippen molar-refractivity contribution in [2.45, 2.75) is 25.4 Å². The van der Waals surface area contributed by atoms with Crippen molar-refractivity contribution in [3.05, 3.63) is 174 Å². The first-order valence-corrected chi connectivity index (χ1v) is 21.1. The lowest BCUT2D eigenvalue weighted by Gasteiger charge is -2.28. The van der Waals surface area contributed by atoms with Crippen LogP contribution >= 0.6 is 22.7 Å². The number of amidine groups is 2. The predicted molar refractivity (Wildman–Crippen MR) is 243 cm³/mol. The van der Waals surface area contributed by atoms with Crippen LogP contribution in [0, 0.1) is 5.92 Å². The van der Waals surface area contributed by atoms with Crippen LogP contribution in [0.5, 0.6) is 0 Å². The Morgan fingerprint density at radius 3 is 2.00 bits per heavy atom. The fraction of sp³-hybridized carbons (Fsp3) is 0.0980. The molecule has 3 nitrogen and oxygen atoms in total. The molecule has 12 rings (SSSR count). The molecule has 1 aliphatic heterocycles. The minimum Gasteiger partial charge on any atom is -0.328 e. The summed E-state index contributed by atoms with van der Waals surface area (Å²) in [6.07, 6.45) is 13.8. The van der Waals surface area contributed by atoms with Crippen molar-refractivity contribution in [1.82, 2.24) is 5.32 Å². The van der Waals surface area contributed by atoms with Crippen LogP contribution in [-0.2, 0) is 6.42 Å². The molecule has 2 unspecified atom stereocenters. The van der Waals surface area contributed by atoms with Gasteiger partial charge in [0.2, 0.25) is 0 Å². The summed E-state index contributed by atoms with van der Waals surface area (Å²) in [5.74, 6) is 2.03. The molecule has 56 heavy (non-hydrogen) atoms. The maximum absolute atomic E-state index is 5.61. The molecule has 1 N–H and O–H groups in total. The normalized spacial score (nSPS) is 18.1. The summed E-state index contributed by atoms with van der Waals surface area (Å²) in [4.78, 5) is 12.4. The lowest BCUT2D eigenvalue weighted by Crippen LogP contribution is -2.41. The second kappa shape index (κ2) is 12.7. The summed E-state index contributed by atoms with van der Waals surface area (Å²) >= 11 is 3.76. The minimum atomic E-state index is -0.336. The highest BCUT2D eigenvalue weighted by molar-refractivity contribution is 7.26. The molecule has 0 bridgehead atoms. The quantitative estimate of drug-likeness (QED) is 0.179. The third-order valence-electron chi connectivity index (χ3n) is 11.9. The zero-order chi connectivity index (χ0) is 36.7. The molecular weight excluding hydrogens is 719 g/mol. The van der Waals surface area contributed by atoms with E-state index >= 15 is 0 Å². The number of aliphatic imine (C=N–C) groups is 2. The van der Waals surface area contributed by atoms with Gasteiger partial charge >= 0.3 is 0 Å². The molecule has 5 heteroatoms. The van der Waals surface area contributed by atoms with Crippen LogP contribution in [0.3, 0.4) is 0 Å². The van der Waals surface area contributed by atoms with Crippen molar-refractivity contribution in [2.24, 2.45) is 15.9 Å². The number of hydrogen-bond acceptors (Lipinski definition) is 5. The Kier molecular flexibility index (Phi) is 7.29. The average Bonchev–Trinajstić information content (AvgIpc) is 3.85. The fourth-order valence-electron chi connectivity index (χ4n) is 9.28. The van der Waals surface area contributed by atoms with Gasteiger partial charge in [-0.25, -0.2) is 9.98 Å². The van der Waals surface area contributed by atoms with Crippen molar-refractivity contribution in [2.75, 3.05) is 0 Å². The van der Waals surface area contributed by atoms with Crippen molar-refractivity contribution in [3.8, 4) is 11.1 Å². The van der Waals surface area contributed by atoms with Crippen molar-refractivity contribution >= 4 is 102 Å². The smallest absolute Gasteiger partial charge is 0.170 e. The van der Waals surface area contributed by atoms with Crippen LogP contribution in [0.4, 0.5) is 0 Å². The first-order valence-electron chi connectivity index (χ1n) is 19.5. The van der Waals surface area contributed by atoms with Gasteiger partial charge < -0.3 is 5.32 Å². The van der Waals surface area contributed by atoms with Gasteiger partial charge in [-0.3, -0.25) is 0 Å². The van der Waals surface area contributed by atoms with E-state index in [1.54, 1.807) is 0 Å². The maximum atomic E-state index is 5.61. The molecular formula is C51H35N3S2. The molecule has 3 aliphatic rings. The highest BCUT2D eigenvalue weighted by atomic mass is 32.1. The van der Waals surface area contributed by atoms with Crippen LogP contribution in [0.25, 0.3) is 79.3 Å². The number of thiophene rings is 2. The van der Waals surface area contributed by atoms with E-state index in [0.29, 0.717) is 0 Å². The summed E-state index contributed by atoms with van der Waals surface area (Å²) in [6.45, 7) is 0. The molecule has 0 saturated carbocycles. The summed E-state index contributed by atoms with van der Waals surface area (Å²) in [5, 5.41) is 15.4. The first kappa shape index (κ1) is 32.1. The van der Waals surface area contributed by atoms with E-state index in [-0.39, 0.29) is 12.1 Å². The standard InChI is InChI=1S/C51H35N3S2/c1-2-13-30(14-3-1)49-52-50(41-22-12-21-39-38-19-8-10-23-44(38)56-48(39)41)54-51(53-49)43-28-32(29-46-47(43)40-20-9-11-24-45(40)55-46)31-25-26-37-35-17-5-4-15-33(35)34-16-6-7-18-36(34)42(37)27-31/h1-11,13,15-20,22-30,50H,12,14,21H2,(H,52,53,54). The number of allylic oxidation sites excluding steroid dienone is 4. The van der Waals surface area contributed by atoms with Gasteiger partial charge in [0.05, 0.1) is 0 Å². The number of nitrogens with zero attached hydrogens (tertiary/aromatic N) is 2. The Morgan fingerprint density at radius 1 is 0.571 bits per heavy atom. The van der Waals surface area contributed by atoms with Crippen LogP contribution < -0.4 is 5.32 Å². The molecule has 0 radical (unpaired) electrons. The molecule has 0 amide bonds. The van der Waals surface area contributed by atoms with Crippen molar-refractivity contribution < 1.29 is 0 Å². The SMILES string of the molecule is C1=CCC(C2=NC(C3=CCCc4c3sc3ccccc43)N=C(c3cc(-c4ccc5c6ccccc6c6ccccc6c5c4)cc4sc5ccccc5c34)N2)C=C1. The molecule has 0 saturated heterocycles. The zero-order valence-electron chi connectivity index (χ0n) is 30.5. The summed E-state index contributed by atoms with van der Waals surface area (Å²) in [6, 6.07) is 47.1. The molecule has 9 aromatic rings. The molecule has 2 aromatic heterocycles. The van der Waals surface area contributed by atoms with E-state index in [1.165, 1.54) is 89.7 Å². The van der Waals surface area contributed by atoms with Gasteiger partial charge in [0.15, 0.2) is 6.17 Å². The Hall–Kier alpha value is -6.14. The highest BCUT2D eigenvalue weighted by Crippen LogP contribution is 2.44. The Bertz CT molecular complexity index is 3240. The Morgan fingerprint density at radius 2 is 1.25 bits per heavy atom. The predicted octanol–water partition coefficient (Wildman–Crippen LogP) is 13.6. The summed E-state index contributed by atoms with van der Waals surface area (Å²) in [5.41, 5.74) is 6.19. The Labute approximate surface area is 332 Å². The van der Waals surface area contributed by atoms with E-state index in [9.17, 15) is 0 Å². The number of benzene rings is 7.